The van der Waals surface area contributed by atoms with Crippen LogP contribution in [-0.2, 0) is 6.54 Å². The Bertz CT molecular complexity index is 2770. The molecule has 0 atom stereocenters. The summed E-state index contributed by atoms with van der Waals surface area (Å²) in [7, 11) is 0. The summed E-state index contributed by atoms with van der Waals surface area (Å²) >= 11 is 0. The number of nitro benzene ring substituents is 1. The van der Waals surface area contributed by atoms with E-state index >= 15 is 0 Å². The second-order valence-electron chi connectivity index (χ2n) is 12.4. The Morgan fingerprint density at radius 1 is 0.667 bits per heavy atom. The Labute approximate surface area is 277 Å². The fraction of sp³-hybridized carbons (Fsp3) is 0.0930. The van der Waals surface area contributed by atoms with Gasteiger partial charge in [-0.25, -0.2) is 0 Å². The van der Waals surface area contributed by atoms with Crippen molar-refractivity contribution >= 4 is 60.3 Å². The van der Waals surface area contributed by atoms with Crippen molar-refractivity contribution in [2.24, 2.45) is 0 Å². The molecule has 1 aliphatic rings. The van der Waals surface area contributed by atoms with Gasteiger partial charge in [0, 0.05) is 46.4 Å². The van der Waals surface area contributed by atoms with Crippen LogP contribution in [0.5, 0.6) is 0 Å². The van der Waals surface area contributed by atoms with Crippen LogP contribution >= 0.6 is 0 Å². The smallest absolute Gasteiger partial charge is 0.269 e. The molecule has 230 valence electrons. The van der Waals surface area contributed by atoms with E-state index in [1.54, 1.807) is 12.1 Å². The molecule has 0 N–H and O–H groups in total. The Morgan fingerprint density at radius 2 is 1.31 bits per heavy atom. The van der Waals surface area contributed by atoms with Gasteiger partial charge < -0.3 is 4.57 Å². The highest BCUT2D eigenvalue weighted by Crippen LogP contribution is 2.40. The maximum atomic E-state index is 11.8. The zero-order chi connectivity index (χ0) is 32.5. The number of nitro groups is 1. The summed E-state index contributed by atoms with van der Waals surface area (Å²) in [6.45, 7) is 6.12. The van der Waals surface area contributed by atoms with Crippen LogP contribution in [0.15, 0.2) is 133 Å². The van der Waals surface area contributed by atoms with E-state index < -0.39 is 0 Å². The van der Waals surface area contributed by atoms with Gasteiger partial charge in [0.2, 0.25) is 11.0 Å². The first-order chi connectivity index (χ1) is 23.6. The molecule has 2 heterocycles. The van der Waals surface area contributed by atoms with E-state index in [4.69, 9.17) is 0 Å². The quantitative estimate of drug-likeness (QED) is 0.109. The van der Waals surface area contributed by atoms with E-state index in [9.17, 15) is 10.1 Å². The van der Waals surface area contributed by atoms with Crippen molar-refractivity contribution in [3.63, 3.8) is 0 Å². The predicted molar refractivity (Wildman–Crippen MR) is 197 cm³/mol. The van der Waals surface area contributed by atoms with Crippen molar-refractivity contribution in [3.05, 3.63) is 165 Å². The molecule has 1 aliphatic heterocycles. The molecule has 0 fully saturated rings. The van der Waals surface area contributed by atoms with Gasteiger partial charge in [-0.15, -0.1) is 0 Å². The summed E-state index contributed by atoms with van der Waals surface area (Å²) in [5, 5.41) is 21.2. The zero-order valence-corrected chi connectivity index (χ0v) is 26.8. The molecule has 9 rings (SSSR count). The van der Waals surface area contributed by atoms with Crippen molar-refractivity contribution in [2.75, 3.05) is 6.54 Å². The number of hydrogen-bond acceptors (Lipinski definition) is 2. The molecule has 0 radical (unpaired) electrons. The molecule has 0 saturated heterocycles. The summed E-state index contributed by atoms with van der Waals surface area (Å²) in [4.78, 5) is 11.4. The molecule has 48 heavy (non-hydrogen) atoms. The van der Waals surface area contributed by atoms with Crippen LogP contribution < -0.4 is 15.2 Å². The van der Waals surface area contributed by atoms with Crippen molar-refractivity contribution in [3.8, 4) is 11.1 Å². The van der Waals surface area contributed by atoms with Gasteiger partial charge in [-0.05, 0) is 89.0 Å². The lowest BCUT2D eigenvalue weighted by Crippen LogP contribution is -2.26. The number of rotatable bonds is 5. The summed E-state index contributed by atoms with van der Waals surface area (Å²) in [6.07, 6.45) is 0. The molecule has 8 aromatic rings. The molecular formula is C43H32N3O2+. The minimum absolute atomic E-state index is 0.0794. The van der Waals surface area contributed by atoms with Crippen molar-refractivity contribution in [2.45, 2.75) is 20.4 Å². The van der Waals surface area contributed by atoms with Gasteiger partial charge in [-0.1, -0.05) is 72.8 Å². The first-order valence-corrected chi connectivity index (χ1v) is 16.6. The van der Waals surface area contributed by atoms with Crippen LogP contribution in [0, 0.1) is 10.1 Å². The molecular weight excluding hydrogens is 590 g/mol. The van der Waals surface area contributed by atoms with Gasteiger partial charge in [-0.2, -0.15) is 4.58 Å². The minimum Gasteiger partial charge on any atom is -0.340 e. The van der Waals surface area contributed by atoms with E-state index in [1.165, 1.54) is 54.7 Å². The van der Waals surface area contributed by atoms with Gasteiger partial charge in [0.25, 0.3) is 5.69 Å². The average molecular weight is 623 g/mol. The number of fused-ring (bicyclic) bond motifs is 10. The molecule has 0 bridgehead atoms. The summed E-state index contributed by atoms with van der Waals surface area (Å²) in [5.41, 5.74) is 9.26. The van der Waals surface area contributed by atoms with Gasteiger partial charge in [0.05, 0.1) is 27.0 Å². The second kappa shape index (κ2) is 10.7. The van der Waals surface area contributed by atoms with Gasteiger partial charge in [0.15, 0.2) is 0 Å². The predicted octanol–water partition coefficient (Wildman–Crippen LogP) is 9.10. The first kappa shape index (κ1) is 28.2. The van der Waals surface area contributed by atoms with Gasteiger partial charge in [-0.3, -0.25) is 10.1 Å². The fourth-order valence-electron chi connectivity index (χ4n) is 8.10. The topological polar surface area (TPSA) is 51.1 Å². The molecule has 0 saturated carbocycles. The number of non-ortho nitro benzene ring substituents is 1. The lowest BCUT2D eigenvalue weighted by Gasteiger charge is -2.16. The third-order valence-corrected chi connectivity index (χ3v) is 10.1. The lowest BCUT2D eigenvalue weighted by atomic mass is 9.87. The number of benzene rings is 7. The Kier molecular flexibility index (Phi) is 6.31. The summed E-state index contributed by atoms with van der Waals surface area (Å²) < 4.78 is 4.84. The Balaban J connectivity index is 1.53. The van der Waals surface area contributed by atoms with Crippen LogP contribution in [0.3, 0.4) is 0 Å². The number of aromatic nitrogens is 1. The van der Waals surface area contributed by atoms with E-state index in [-0.39, 0.29) is 10.6 Å². The molecule has 0 unspecified atom stereocenters. The summed E-state index contributed by atoms with van der Waals surface area (Å²) in [5.74, 6) is 0. The number of aryl methyl sites for hydroxylation is 1. The highest BCUT2D eigenvalue weighted by Gasteiger charge is 2.29. The molecule has 5 nitrogen and oxygen atoms in total. The van der Waals surface area contributed by atoms with E-state index in [0.29, 0.717) is 0 Å². The zero-order valence-electron chi connectivity index (χ0n) is 26.8. The maximum Gasteiger partial charge on any atom is 0.269 e. The third-order valence-electron chi connectivity index (χ3n) is 10.1. The van der Waals surface area contributed by atoms with E-state index in [1.807, 2.05) is 12.1 Å². The average Bonchev–Trinajstić information content (AvgIpc) is 3.64. The van der Waals surface area contributed by atoms with Crippen LogP contribution in [0.25, 0.3) is 60.1 Å². The number of nitrogens with zero attached hydrogens (tertiary/aromatic N) is 3. The Hall–Kier alpha value is -6.07. The van der Waals surface area contributed by atoms with E-state index in [2.05, 4.69) is 132 Å². The largest absolute Gasteiger partial charge is 0.340 e. The second-order valence-corrected chi connectivity index (χ2v) is 12.4. The number of para-hydroxylation sites is 2. The fourth-order valence-corrected chi connectivity index (χ4v) is 8.10. The molecule has 0 amide bonds. The molecule has 7 aromatic carbocycles. The Morgan fingerprint density at radius 3 is 2.04 bits per heavy atom. The maximum absolute atomic E-state index is 11.8. The summed E-state index contributed by atoms with van der Waals surface area (Å²) in [6, 6.07) is 46.5. The van der Waals surface area contributed by atoms with Crippen molar-refractivity contribution in [1.82, 2.24) is 9.14 Å². The molecule has 0 spiro atoms. The lowest BCUT2D eigenvalue weighted by molar-refractivity contribution is -0.384. The molecule has 0 aliphatic carbocycles. The van der Waals surface area contributed by atoms with Gasteiger partial charge in [0.1, 0.15) is 6.54 Å². The van der Waals surface area contributed by atoms with Crippen molar-refractivity contribution < 1.29 is 4.92 Å². The minimum atomic E-state index is -0.328. The van der Waals surface area contributed by atoms with Crippen molar-refractivity contribution in [1.29, 1.82) is 0 Å². The standard InChI is InChI=1S/C43H32N3O2/c1-3-44-39-19-11-9-15-31(39)37-25-35(29-13-5-7-17-33(29)42(37)44)41(27-21-23-28(24-22-27)46(47)48)36-26-38-32-16-10-12-20-40(32)45(4-2)43(38)34-18-8-6-14-30(34)36/h5-26H,3-4H2,1-2H3/q+1. The van der Waals surface area contributed by atoms with Crippen LogP contribution in [0.1, 0.15) is 25.0 Å². The number of hydrogen-bond donors (Lipinski definition) is 0. The SMILES string of the molecule is CCn1c2ccccc2c2cc(C(c3ccc([N+](=O)[O-])cc3)=c3cc4c(c5ccccc35)=[N+](CC)c3ccccc3-4)c3ccccc3c21. The monoisotopic (exact) mass is 622 g/mol. The first-order valence-electron chi connectivity index (χ1n) is 16.6. The van der Waals surface area contributed by atoms with Crippen LogP contribution in [-0.4, -0.2) is 16.0 Å². The third kappa shape index (κ3) is 3.94. The highest BCUT2D eigenvalue weighted by molar-refractivity contribution is 6.20. The van der Waals surface area contributed by atoms with Crippen LogP contribution in [0.4, 0.5) is 11.4 Å². The van der Waals surface area contributed by atoms with Gasteiger partial charge >= 0.3 is 0 Å². The normalized spacial score (nSPS) is 13.0. The molecule has 5 heteroatoms. The van der Waals surface area contributed by atoms with E-state index in [0.717, 1.165) is 45.8 Å². The van der Waals surface area contributed by atoms with Crippen LogP contribution in [0.2, 0.25) is 0 Å². The highest BCUT2D eigenvalue weighted by atomic mass is 16.6. The molecule has 1 aromatic heterocycles.